The maximum atomic E-state index is 13.1. The number of carbonyl (C=O) groups is 5. The minimum absolute atomic E-state index is 0.0463. The quantitative estimate of drug-likeness (QED) is 0.0830. The highest BCUT2D eigenvalue weighted by Gasteiger charge is 2.46. The zero-order valence-corrected chi connectivity index (χ0v) is 29.6. The van der Waals surface area contributed by atoms with E-state index < -0.39 is 47.8 Å². The molecule has 0 aliphatic carbocycles. The summed E-state index contributed by atoms with van der Waals surface area (Å²) in [5.41, 5.74) is -0.512. The van der Waals surface area contributed by atoms with Crippen LogP contribution < -0.4 is 0 Å². The second-order valence-electron chi connectivity index (χ2n) is 13.1. The van der Waals surface area contributed by atoms with Crippen LogP contribution in [0, 0.1) is 17.8 Å². The summed E-state index contributed by atoms with van der Waals surface area (Å²) in [5.74, 6) is -2.58. The van der Waals surface area contributed by atoms with Crippen LogP contribution in [0.2, 0.25) is 0 Å². The Morgan fingerprint density at radius 3 is 2.23 bits per heavy atom. The van der Waals surface area contributed by atoms with Gasteiger partial charge >= 0.3 is 29.8 Å². The molecule has 1 saturated heterocycles. The van der Waals surface area contributed by atoms with Crippen molar-refractivity contribution in [3.05, 3.63) is 36.0 Å². The summed E-state index contributed by atoms with van der Waals surface area (Å²) < 4.78 is 34.0. The molecule has 10 unspecified atom stereocenters. The van der Waals surface area contributed by atoms with E-state index in [-0.39, 0.29) is 61.3 Å². The Kier molecular flexibility index (Phi) is 15.4. The Labute approximate surface area is 279 Å². The van der Waals surface area contributed by atoms with Crippen LogP contribution in [0.4, 0.5) is 0 Å². The largest absolute Gasteiger partial charge is 0.462 e. The molecule has 11 heteroatoms. The van der Waals surface area contributed by atoms with E-state index in [9.17, 15) is 24.0 Å². The first-order valence-corrected chi connectivity index (χ1v) is 16.5. The third-order valence-electron chi connectivity index (χ3n) is 8.58. The normalized spacial score (nSPS) is 31.2. The van der Waals surface area contributed by atoms with Gasteiger partial charge in [-0.1, -0.05) is 52.0 Å². The molecule has 2 aliphatic rings. The van der Waals surface area contributed by atoms with Crippen molar-refractivity contribution in [1.29, 1.82) is 0 Å². The molecule has 0 aromatic carbocycles. The van der Waals surface area contributed by atoms with Gasteiger partial charge in [0.05, 0.1) is 18.6 Å². The van der Waals surface area contributed by atoms with Gasteiger partial charge in [0.15, 0.2) is 6.10 Å². The molecule has 0 spiro atoms. The summed E-state index contributed by atoms with van der Waals surface area (Å²) in [6.07, 6.45) is 8.47. The molecule has 264 valence electrons. The van der Waals surface area contributed by atoms with Crippen molar-refractivity contribution < 1.29 is 52.4 Å². The minimum atomic E-state index is -1.28. The fraction of sp³-hybridized carbons (Fsp3) is 0.694. The van der Waals surface area contributed by atoms with Gasteiger partial charge in [-0.05, 0) is 57.1 Å². The molecular weight excluding hydrogens is 608 g/mol. The van der Waals surface area contributed by atoms with Gasteiger partial charge in [0.25, 0.3) is 0 Å². The predicted octanol–water partition coefficient (Wildman–Crippen LogP) is 5.73. The predicted molar refractivity (Wildman–Crippen MR) is 174 cm³/mol. The lowest BCUT2D eigenvalue weighted by Crippen LogP contribution is -2.46. The Hall–Kier alpha value is -3.47. The lowest BCUT2D eigenvalue weighted by atomic mass is 9.88. The summed E-state index contributed by atoms with van der Waals surface area (Å²) in [4.78, 5) is 60.6. The van der Waals surface area contributed by atoms with Crippen molar-refractivity contribution >= 4 is 29.8 Å². The number of allylic oxidation sites excluding steroid dienone is 3. The molecule has 0 amide bonds. The molecule has 10 atom stereocenters. The summed E-state index contributed by atoms with van der Waals surface area (Å²) in [6.45, 7) is 16.7. The van der Waals surface area contributed by atoms with Crippen LogP contribution >= 0.6 is 0 Å². The molecule has 11 nitrogen and oxygen atoms in total. The van der Waals surface area contributed by atoms with Crippen molar-refractivity contribution in [2.45, 2.75) is 144 Å². The average Bonchev–Trinajstić information content (AvgIpc) is 3.72. The van der Waals surface area contributed by atoms with E-state index in [2.05, 4.69) is 13.0 Å². The van der Waals surface area contributed by atoms with Crippen molar-refractivity contribution in [1.82, 2.24) is 0 Å². The maximum Gasteiger partial charge on any atom is 0.310 e. The second kappa shape index (κ2) is 18.2. The summed E-state index contributed by atoms with van der Waals surface area (Å²) in [5, 5.41) is 0. The smallest absolute Gasteiger partial charge is 0.310 e. The number of rotatable bonds is 12. The van der Waals surface area contributed by atoms with E-state index in [4.69, 9.17) is 28.4 Å². The van der Waals surface area contributed by atoms with Gasteiger partial charge in [0.2, 0.25) is 0 Å². The monoisotopic (exact) mass is 662 g/mol. The zero-order valence-electron chi connectivity index (χ0n) is 29.6. The molecule has 47 heavy (non-hydrogen) atoms. The molecule has 0 aromatic heterocycles. The van der Waals surface area contributed by atoms with Gasteiger partial charge in [-0.25, -0.2) is 0 Å². The fourth-order valence-electron chi connectivity index (χ4n) is 6.11. The van der Waals surface area contributed by atoms with Gasteiger partial charge in [-0.2, -0.15) is 0 Å². The van der Waals surface area contributed by atoms with Crippen LogP contribution in [0.15, 0.2) is 36.0 Å². The molecule has 0 saturated carbocycles. The minimum Gasteiger partial charge on any atom is -0.462 e. The summed E-state index contributed by atoms with van der Waals surface area (Å²) in [6, 6.07) is 0. The number of ether oxygens (including phenoxy) is 6. The molecule has 0 aromatic rings. The SMILES string of the molecule is CCC(OC(C)=O)C(C)C1OC1CC(C)/C=C/C=C(\C)C1OC(=O)CC(OC(C)=O)CCC(C)(OC(C)=O)C(OC(C)=O)/C=C/C1C. The first kappa shape index (κ1) is 39.7. The van der Waals surface area contributed by atoms with Crippen LogP contribution in [0.1, 0.15) is 101 Å². The van der Waals surface area contributed by atoms with E-state index in [0.29, 0.717) is 0 Å². The van der Waals surface area contributed by atoms with E-state index in [1.54, 1.807) is 19.1 Å². The van der Waals surface area contributed by atoms with Gasteiger partial charge in [0.1, 0.15) is 23.9 Å². The van der Waals surface area contributed by atoms with Crippen LogP contribution in [0.5, 0.6) is 0 Å². The highest BCUT2D eigenvalue weighted by molar-refractivity contribution is 5.72. The van der Waals surface area contributed by atoms with E-state index >= 15 is 0 Å². The molecule has 2 heterocycles. The summed E-state index contributed by atoms with van der Waals surface area (Å²) in [7, 11) is 0. The third kappa shape index (κ3) is 13.3. The van der Waals surface area contributed by atoms with E-state index in [0.717, 1.165) is 18.4 Å². The fourth-order valence-corrected chi connectivity index (χ4v) is 6.11. The molecule has 1 fully saturated rings. The Morgan fingerprint density at radius 2 is 1.66 bits per heavy atom. The van der Waals surface area contributed by atoms with Gasteiger partial charge < -0.3 is 28.4 Å². The number of cyclic esters (lactones) is 1. The Balaban J connectivity index is 2.26. The average molecular weight is 663 g/mol. The molecule has 0 N–H and O–H groups in total. The Morgan fingerprint density at radius 1 is 1.00 bits per heavy atom. The highest BCUT2D eigenvalue weighted by atomic mass is 16.6. The molecule has 0 radical (unpaired) electrons. The topological polar surface area (TPSA) is 144 Å². The van der Waals surface area contributed by atoms with Crippen molar-refractivity contribution in [3.63, 3.8) is 0 Å². The van der Waals surface area contributed by atoms with Crippen molar-refractivity contribution in [3.8, 4) is 0 Å². The number of carbonyl (C=O) groups excluding carboxylic acids is 5. The maximum absolute atomic E-state index is 13.1. The number of esters is 5. The van der Waals surface area contributed by atoms with Gasteiger partial charge in [0, 0.05) is 39.5 Å². The zero-order chi connectivity index (χ0) is 35.5. The van der Waals surface area contributed by atoms with E-state index in [1.807, 2.05) is 39.8 Å². The second-order valence-corrected chi connectivity index (χ2v) is 13.1. The van der Waals surface area contributed by atoms with Crippen molar-refractivity contribution in [2.24, 2.45) is 17.8 Å². The molecule has 2 aliphatic heterocycles. The van der Waals surface area contributed by atoms with Crippen molar-refractivity contribution in [2.75, 3.05) is 0 Å². The molecular formula is C36H54O11. The number of hydrogen-bond acceptors (Lipinski definition) is 11. The van der Waals surface area contributed by atoms with Gasteiger partial charge in [-0.15, -0.1) is 0 Å². The highest BCUT2D eigenvalue weighted by Crippen LogP contribution is 2.37. The Bertz CT molecular complexity index is 1200. The molecule has 0 bridgehead atoms. The van der Waals surface area contributed by atoms with E-state index in [1.165, 1.54) is 27.7 Å². The van der Waals surface area contributed by atoms with Crippen LogP contribution in [-0.4, -0.2) is 72.1 Å². The lowest BCUT2D eigenvalue weighted by Gasteiger charge is -2.36. The lowest BCUT2D eigenvalue weighted by molar-refractivity contribution is -0.179. The van der Waals surface area contributed by atoms with Crippen LogP contribution in [0.25, 0.3) is 0 Å². The number of hydrogen-bond donors (Lipinski definition) is 0. The summed E-state index contributed by atoms with van der Waals surface area (Å²) >= 11 is 0. The standard InChI is InChI=1S/C36H54O11/c1-11-30(43-26(7)38)24(5)35-31(45-35)19-21(2)13-12-14-22(3)34-23(4)15-16-32(44-27(8)39)36(10,47-28(9)40)18-17-29(42-25(6)37)20-33(41)46-34/h12-16,21,23-24,29-32,34-35H,11,17-20H2,1-10H3/b13-12+,16-15+,22-14+. The first-order chi connectivity index (χ1) is 21.9. The third-order valence-corrected chi connectivity index (χ3v) is 8.58. The van der Waals surface area contributed by atoms with Gasteiger partial charge in [-0.3, -0.25) is 24.0 Å². The first-order valence-electron chi connectivity index (χ1n) is 16.5. The number of epoxide rings is 1. The molecule has 2 rings (SSSR count). The van der Waals surface area contributed by atoms with Crippen LogP contribution in [0.3, 0.4) is 0 Å². The van der Waals surface area contributed by atoms with Crippen LogP contribution in [-0.2, 0) is 52.4 Å².